The predicted molar refractivity (Wildman–Crippen MR) is 76.9 cm³/mol. The van der Waals surface area contributed by atoms with Crippen LogP contribution in [0.4, 0.5) is 5.82 Å². The summed E-state index contributed by atoms with van der Waals surface area (Å²) in [6, 6.07) is 2.03. The van der Waals surface area contributed by atoms with Crippen molar-refractivity contribution in [1.82, 2.24) is 4.98 Å². The first-order chi connectivity index (χ1) is 8.61. The largest absolute Gasteiger partial charge is 0.357 e. The van der Waals surface area contributed by atoms with Crippen molar-refractivity contribution in [2.24, 2.45) is 17.6 Å². The standard InChI is InChI=1S/C14H22ClN3/c1-10(2)11-3-5-18(6-4-11)14-7-12(8-16)13(15)9-17-14/h7,9-11H,3-6,8,16H2,1-2H3. The lowest BCUT2D eigenvalue weighted by molar-refractivity contribution is 0.310. The molecule has 0 radical (unpaired) electrons. The minimum absolute atomic E-state index is 0.469. The van der Waals surface area contributed by atoms with Crippen LogP contribution in [0.5, 0.6) is 0 Å². The molecule has 1 fully saturated rings. The number of nitrogens with two attached hydrogens (primary N) is 1. The smallest absolute Gasteiger partial charge is 0.128 e. The second-order valence-corrected chi connectivity index (χ2v) is 5.81. The van der Waals surface area contributed by atoms with E-state index < -0.39 is 0 Å². The molecule has 0 aromatic carbocycles. The average Bonchev–Trinajstić information content (AvgIpc) is 2.39. The van der Waals surface area contributed by atoms with Gasteiger partial charge in [0.25, 0.3) is 0 Å². The summed E-state index contributed by atoms with van der Waals surface area (Å²) in [4.78, 5) is 6.76. The summed E-state index contributed by atoms with van der Waals surface area (Å²) in [6.07, 6.45) is 4.22. The Bertz CT molecular complexity index is 398. The number of hydrogen-bond donors (Lipinski definition) is 1. The van der Waals surface area contributed by atoms with Crippen molar-refractivity contribution < 1.29 is 0 Å². The normalized spacial score (nSPS) is 17.5. The van der Waals surface area contributed by atoms with E-state index in [2.05, 4.69) is 23.7 Å². The van der Waals surface area contributed by atoms with E-state index >= 15 is 0 Å². The molecular formula is C14H22ClN3. The number of rotatable bonds is 3. The van der Waals surface area contributed by atoms with Gasteiger partial charge < -0.3 is 10.6 Å². The first-order valence-electron chi connectivity index (χ1n) is 6.71. The van der Waals surface area contributed by atoms with Crippen molar-refractivity contribution in [3.05, 3.63) is 22.8 Å². The molecule has 0 atom stereocenters. The predicted octanol–water partition coefficient (Wildman–Crippen LogP) is 3.07. The third kappa shape index (κ3) is 2.96. The molecule has 0 saturated carbocycles. The van der Waals surface area contributed by atoms with Crippen molar-refractivity contribution >= 4 is 17.4 Å². The zero-order chi connectivity index (χ0) is 13.1. The number of halogens is 1. The number of hydrogen-bond acceptors (Lipinski definition) is 3. The van der Waals surface area contributed by atoms with Crippen molar-refractivity contribution in [3.8, 4) is 0 Å². The summed E-state index contributed by atoms with van der Waals surface area (Å²) in [5.41, 5.74) is 6.66. The highest BCUT2D eigenvalue weighted by Gasteiger charge is 2.22. The van der Waals surface area contributed by atoms with E-state index in [0.717, 1.165) is 36.3 Å². The Hall–Kier alpha value is -0.800. The lowest BCUT2D eigenvalue weighted by Gasteiger charge is -2.34. The van der Waals surface area contributed by atoms with Crippen molar-refractivity contribution in [3.63, 3.8) is 0 Å². The zero-order valence-corrected chi connectivity index (χ0v) is 12.0. The van der Waals surface area contributed by atoms with E-state index in [4.69, 9.17) is 17.3 Å². The van der Waals surface area contributed by atoms with Gasteiger partial charge in [0.1, 0.15) is 5.82 Å². The maximum atomic E-state index is 6.04. The van der Waals surface area contributed by atoms with Crippen LogP contribution >= 0.6 is 11.6 Å². The highest BCUT2D eigenvalue weighted by atomic mass is 35.5. The van der Waals surface area contributed by atoms with Gasteiger partial charge in [0.05, 0.1) is 5.02 Å². The fraction of sp³-hybridized carbons (Fsp3) is 0.643. The molecule has 2 N–H and O–H groups in total. The first-order valence-corrected chi connectivity index (χ1v) is 7.09. The fourth-order valence-electron chi connectivity index (χ4n) is 2.59. The minimum Gasteiger partial charge on any atom is -0.357 e. The molecule has 100 valence electrons. The van der Waals surface area contributed by atoms with Gasteiger partial charge in [-0.25, -0.2) is 4.98 Å². The Morgan fingerprint density at radius 2 is 2.11 bits per heavy atom. The number of anilines is 1. The van der Waals surface area contributed by atoms with Crippen molar-refractivity contribution in [2.75, 3.05) is 18.0 Å². The van der Waals surface area contributed by atoms with Gasteiger partial charge in [-0.05, 0) is 36.3 Å². The van der Waals surface area contributed by atoms with Crippen LogP contribution in [0.2, 0.25) is 5.02 Å². The molecule has 0 bridgehead atoms. The summed E-state index contributed by atoms with van der Waals surface area (Å²) >= 11 is 6.04. The van der Waals surface area contributed by atoms with E-state index in [0.29, 0.717) is 11.6 Å². The molecular weight excluding hydrogens is 246 g/mol. The molecule has 3 nitrogen and oxygen atoms in total. The second-order valence-electron chi connectivity index (χ2n) is 5.41. The van der Waals surface area contributed by atoms with Crippen LogP contribution in [0, 0.1) is 11.8 Å². The zero-order valence-electron chi connectivity index (χ0n) is 11.2. The number of nitrogens with zero attached hydrogens (tertiary/aromatic N) is 2. The Morgan fingerprint density at radius 3 is 2.67 bits per heavy atom. The van der Waals surface area contributed by atoms with E-state index in [1.54, 1.807) is 6.20 Å². The van der Waals surface area contributed by atoms with Gasteiger partial charge in [0, 0.05) is 25.8 Å². The average molecular weight is 268 g/mol. The topological polar surface area (TPSA) is 42.1 Å². The number of aromatic nitrogens is 1. The van der Waals surface area contributed by atoms with Crippen LogP contribution in [0.3, 0.4) is 0 Å². The van der Waals surface area contributed by atoms with Gasteiger partial charge in [-0.1, -0.05) is 25.4 Å². The third-order valence-corrected chi connectivity index (χ3v) is 4.29. The molecule has 0 aliphatic carbocycles. The van der Waals surface area contributed by atoms with Gasteiger partial charge in [-0.2, -0.15) is 0 Å². The maximum Gasteiger partial charge on any atom is 0.128 e. The highest BCUT2D eigenvalue weighted by Crippen LogP contribution is 2.28. The Kier molecular flexibility index (Phi) is 4.46. The van der Waals surface area contributed by atoms with E-state index in [-0.39, 0.29) is 0 Å². The third-order valence-electron chi connectivity index (χ3n) is 3.95. The first kappa shape index (κ1) is 13.6. The molecule has 1 aromatic heterocycles. The molecule has 4 heteroatoms. The van der Waals surface area contributed by atoms with Gasteiger partial charge >= 0.3 is 0 Å². The van der Waals surface area contributed by atoms with Gasteiger partial charge in [0.2, 0.25) is 0 Å². The molecule has 2 rings (SSSR count). The highest BCUT2D eigenvalue weighted by molar-refractivity contribution is 6.31. The van der Waals surface area contributed by atoms with Gasteiger partial charge in [-0.3, -0.25) is 0 Å². The molecule has 1 aliphatic heterocycles. The molecule has 1 aromatic rings. The minimum atomic E-state index is 0.469. The molecule has 18 heavy (non-hydrogen) atoms. The Labute approximate surface area is 114 Å². The van der Waals surface area contributed by atoms with Crippen LogP contribution in [-0.2, 0) is 6.54 Å². The van der Waals surface area contributed by atoms with Crippen LogP contribution in [0.15, 0.2) is 12.3 Å². The van der Waals surface area contributed by atoms with Crippen LogP contribution in [0.1, 0.15) is 32.3 Å². The summed E-state index contributed by atoms with van der Waals surface area (Å²) in [5, 5.41) is 0.665. The second kappa shape index (κ2) is 5.89. The van der Waals surface area contributed by atoms with Gasteiger partial charge in [-0.15, -0.1) is 0 Å². The lowest BCUT2D eigenvalue weighted by atomic mass is 9.87. The summed E-state index contributed by atoms with van der Waals surface area (Å²) in [6.45, 7) is 7.26. The molecule has 1 aliphatic rings. The number of pyridine rings is 1. The lowest BCUT2D eigenvalue weighted by Crippen LogP contribution is -2.35. The van der Waals surface area contributed by atoms with Crippen LogP contribution in [-0.4, -0.2) is 18.1 Å². The van der Waals surface area contributed by atoms with Crippen molar-refractivity contribution in [1.29, 1.82) is 0 Å². The van der Waals surface area contributed by atoms with Crippen LogP contribution in [0.25, 0.3) is 0 Å². The van der Waals surface area contributed by atoms with Gasteiger partial charge in [0.15, 0.2) is 0 Å². The molecule has 0 unspecified atom stereocenters. The Morgan fingerprint density at radius 1 is 1.44 bits per heavy atom. The fourth-order valence-corrected chi connectivity index (χ4v) is 2.77. The molecule has 0 amide bonds. The SMILES string of the molecule is CC(C)C1CCN(c2cc(CN)c(Cl)cn2)CC1. The quantitative estimate of drug-likeness (QED) is 0.915. The molecule has 2 heterocycles. The molecule has 1 saturated heterocycles. The monoisotopic (exact) mass is 267 g/mol. The maximum absolute atomic E-state index is 6.04. The summed E-state index contributed by atoms with van der Waals surface area (Å²) in [7, 11) is 0. The molecule has 0 spiro atoms. The van der Waals surface area contributed by atoms with E-state index in [1.807, 2.05) is 6.07 Å². The van der Waals surface area contributed by atoms with E-state index in [1.165, 1.54) is 12.8 Å². The summed E-state index contributed by atoms with van der Waals surface area (Å²) in [5.74, 6) is 2.65. The summed E-state index contributed by atoms with van der Waals surface area (Å²) < 4.78 is 0. The number of piperidine rings is 1. The Balaban J connectivity index is 2.05. The van der Waals surface area contributed by atoms with Crippen molar-refractivity contribution in [2.45, 2.75) is 33.2 Å². The van der Waals surface area contributed by atoms with Crippen LogP contribution < -0.4 is 10.6 Å². The van der Waals surface area contributed by atoms with E-state index in [9.17, 15) is 0 Å².